The maximum absolute atomic E-state index is 5.06. The minimum Gasteiger partial charge on any atom is -1.00 e. The van der Waals surface area contributed by atoms with E-state index in [-0.39, 0.29) is 45.6 Å². The summed E-state index contributed by atoms with van der Waals surface area (Å²) in [5.41, 5.74) is 0. The van der Waals surface area contributed by atoms with E-state index in [1.54, 1.807) is 14.2 Å². The van der Waals surface area contributed by atoms with E-state index in [4.69, 9.17) is 14.2 Å². The Bertz CT molecular complexity index is 56.4. The van der Waals surface area contributed by atoms with Gasteiger partial charge < -0.3 is 51.4 Å². The minimum absolute atomic E-state index is 0. The van der Waals surface area contributed by atoms with Gasteiger partial charge in [0.05, 0.1) is 26.4 Å². The number of ether oxygens (including phenoxy) is 3. The molecule has 7 heteroatoms. The van der Waals surface area contributed by atoms with Crippen molar-refractivity contribution in [3.8, 4) is 0 Å². The van der Waals surface area contributed by atoms with E-state index in [1.807, 2.05) is 0 Å². The minimum atomic E-state index is 0. The summed E-state index contributed by atoms with van der Waals surface area (Å²) < 4.78 is 14.6. The molecule has 0 spiro atoms. The number of hydrogen-bond acceptors (Lipinski definition) is 3. The van der Waals surface area contributed by atoms with Gasteiger partial charge in [0, 0.05) is 14.2 Å². The fourth-order valence-corrected chi connectivity index (χ4v) is 0.387. The van der Waals surface area contributed by atoms with Crippen LogP contribution in [0.15, 0.2) is 0 Å². The Morgan fingerprint density at radius 3 is 1.23 bits per heavy atom. The Labute approximate surface area is 101 Å². The zero-order chi connectivity index (χ0) is 6.95. The SMILES string of the molecule is COCCOCCOC.[B+3].[Cl-].[Cl-].[Cl-]. The maximum Gasteiger partial charge on any atom is 3.00 e. The van der Waals surface area contributed by atoms with E-state index < -0.39 is 0 Å². The van der Waals surface area contributed by atoms with E-state index >= 15 is 0 Å². The molecule has 0 amide bonds. The van der Waals surface area contributed by atoms with Crippen LogP contribution in [0, 0.1) is 0 Å². The van der Waals surface area contributed by atoms with Crippen LogP contribution in [0.3, 0.4) is 0 Å². The first-order chi connectivity index (χ1) is 4.41. The Morgan fingerprint density at radius 2 is 1.00 bits per heavy atom. The third kappa shape index (κ3) is 32.3. The zero-order valence-corrected chi connectivity index (χ0v) is 10.0. The summed E-state index contributed by atoms with van der Waals surface area (Å²) >= 11 is 0. The average molecular weight is 251 g/mol. The first kappa shape index (κ1) is 29.2. The molecule has 0 aliphatic carbocycles. The standard InChI is InChI=1S/C6H14O3.B.3ClH/c1-7-3-5-9-6-4-8-2;;;;/h3-6H2,1-2H3;;3*1H/q;+3;;;/p-3. The van der Waals surface area contributed by atoms with Crippen LogP contribution in [0.5, 0.6) is 0 Å². The van der Waals surface area contributed by atoms with Gasteiger partial charge in [0.15, 0.2) is 0 Å². The van der Waals surface area contributed by atoms with Crippen LogP contribution < -0.4 is 37.2 Å². The van der Waals surface area contributed by atoms with Crippen molar-refractivity contribution >= 4 is 8.41 Å². The van der Waals surface area contributed by atoms with E-state index in [9.17, 15) is 0 Å². The Kier molecular flexibility index (Phi) is 65.8. The monoisotopic (exact) mass is 250 g/mol. The molecule has 0 aliphatic heterocycles. The molecular formula is C6H14BCl3O3. The molecule has 80 valence electrons. The smallest absolute Gasteiger partial charge is 1.00 e. The Morgan fingerprint density at radius 1 is 0.692 bits per heavy atom. The van der Waals surface area contributed by atoms with Crippen molar-refractivity contribution in [1.29, 1.82) is 0 Å². The summed E-state index contributed by atoms with van der Waals surface area (Å²) in [5, 5.41) is 0. The molecule has 3 nitrogen and oxygen atoms in total. The normalized spacial score (nSPS) is 6.92. The van der Waals surface area contributed by atoms with E-state index in [0.29, 0.717) is 26.4 Å². The van der Waals surface area contributed by atoms with Gasteiger partial charge in [-0.2, -0.15) is 0 Å². The second-order valence-electron chi connectivity index (χ2n) is 1.60. The first-order valence-corrected chi connectivity index (χ1v) is 2.97. The van der Waals surface area contributed by atoms with Crippen LogP contribution in [0.4, 0.5) is 0 Å². The van der Waals surface area contributed by atoms with Gasteiger partial charge in [-0.05, 0) is 0 Å². The molecule has 0 saturated carbocycles. The van der Waals surface area contributed by atoms with Crippen molar-refractivity contribution in [1.82, 2.24) is 0 Å². The number of hydrogen-bond donors (Lipinski definition) is 0. The predicted molar refractivity (Wildman–Crippen MR) is 40.3 cm³/mol. The summed E-state index contributed by atoms with van der Waals surface area (Å²) in [4.78, 5) is 0. The summed E-state index contributed by atoms with van der Waals surface area (Å²) in [5.74, 6) is 0. The van der Waals surface area contributed by atoms with Gasteiger partial charge in [0.25, 0.3) is 0 Å². The molecular weight excluding hydrogens is 237 g/mol. The molecule has 0 fully saturated rings. The quantitative estimate of drug-likeness (QED) is 0.347. The molecule has 0 heterocycles. The fraction of sp³-hybridized carbons (Fsp3) is 1.00. The van der Waals surface area contributed by atoms with Crippen LogP contribution in [-0.4, -0.2) is 49.1 Å². The molecule has 0 unspecified atom stereocenters. The summed E-state index contributed by atoms with van der Waals surface area (Å²) in [6.07, 6.45) is 0. The second kappa shape index (κ2) is 29.3. The van der Waals surface area contributed by atoms with Gasteiger partial charge >= 0.3 is 8.41 Å². The van der Waals surface area contributed by atoms with Crippen LogP contribution in [0.25, 0.3) is 0 Å². The van der Waals surface area contributed by atoms with E-state index in [0.717, 1.165) is 0 Å². The molecule has 0 radical (unpaired) electrons. The molecule has 0 aromatic heterocycles. The van der Waals surface area contributed by atoms with Crippen molar-refractivity contribution < 1.29 is 51.4 Å². The van der Waals surface area contributed by atoms with Crippen molar-refractivity contribution in [2.75, 3.05) is 40.6 Å². The number of rotatable bonds is 6. The van der Waals surface area contributed by atoms with Crippen molar-refractivity contribution in [2.24, 2.45) is 0 Å². The largest absolute Gasteiger partial charge is 3.00 e. The topological polar surface area (TPSA) is 27.7 Å². The van der Waals surface area contributed by atoms with Gasteiger partial charge in [-0.1, -0.05) is 0 Å². The molecule has 0 rings (SSSR count). The van der Waals surface area contributed by atoms with Gasteiger partial charge in [0.1, 0.15) is 0 Å². The summed E-state index contributed by atoms with van der Waals surface area (Å²) in [7, 11) is 3.30. The third-order valence-corrected chi connectivity index (χ3v) is 0.864. The molecule has 0 aromatic carbocycles. The van der Waals surface area contributed by atoms with Gasteiger partial charge in [-0.25, -0.2) is 0 Å². The Balaban J connectivity index is -0.0000000533. The van der Waals surface area contributed by atoms with Crippen LogP contribution >= 0.6 is 0 Å². The first-order valence-electron chi connectivity index (χ1n) is 2.97. The molecule has 13 heavy (non-hydrogen) atoms. The molecule has 0 bridgehead atoms. The van der Waals surface area contributed by atoms with Crippen molar-refractivity contribution in [2.45, 2.75) is 0 Å². The van der Waals surface area contributed by atoms with Crippen LogP contribution in [-0.2, 0) is 14.2 Å². The fourth-order valence-electron chi connectivity index (χ4n) is 0.387. The van der Waals surface area contributed by atoms with Crippen LogP contribution in [0.1, 0.15) is 0 Å². The summed E-state index contributed by atoms with van der Waals surface area (Å²) in [6.45, 7) is 2.62. The Hall–Kier alpha value is 0.815. The van der Waals surface area contributed by atoms with Gasteiger partial charge in [-0.3, -0.25) is 0 Å². The van der Waals surface area contributed by atoms with Gasteiger partial charge in [-0.15, -0.1) is 0 Å². The molecule has 0 aliphatic rings. The number of halogens is 3. The second-order valence-corrected chi connectivity index (χ2v) is 1.60. The van der Waals surface area contributed by atoms with Gasteiger partial charge in [0.2, 0.25) is 0 Å². The maximum atomic E-state index is 5.06. The van der Waals surface area contributed by atoms with Crippen molar-refractivity contribution in [3.05, 3.63) is 0 Å². The molecule has 0 N–H and O–H groups in total. The van der Waals surface area contributed by atoms with E-state index in [1.165, 1.54) is 0 Å². The number of methoxy groups -OCH3 is 2. The average Bonchev–Trinajstić information content (AvgIpc) is 1.89. The van der Waals surface area contributed by atoms with E-state index in [2.05, 4.69) is 0 Å². The zero-order valence-electron chi connectivity index (χ0n) is 7.76. The molecule has 0 atom stereocenters. The summed E-state index contributed by atoms with van der Waals surface area (Å²) in [6, 6.07) is 0. The van der Waals surface area contributed by atoms with Crippen molar-refractivity contribution in [3.63, 3.8) is 0 Å². The third-order valence-electron chi connectivity index (χ3n) is 0.864. The molecule has 0 aromatic rings. The van der Waals surface area contributed by atoms with Crippen LogP contribution in [0.2, 0.25) is 0 Å². The predicted octanol–water partition coefficient (Wildman–Crippen LogP) is -9.07. The molecule has 0 saturated heterocycles.